The second kappa shape index (κ2) is 11.8. The van der Waals surface area contributed by atoms with Gasteiger partial charge in [0.1, 0.15) is 6.10 Å². The Hall–Kier alpha value is -3.24. The molecular weight excluding hydrogens is 412 g/mol. The highest BCUT2D eigenvalue weighted by Gasteiger charge is 2.34. The normalized spacial score (nSPS) is 17.6. The molecule has 2 heterocycles. The number of carbonyl (C=O) groups is 6. The highest BCUT2D eigenvalue weighted by atomic mass is 16.8. The maximum absolute atomic E-state index is 11.9. The number of carbonyl (C=O) groups excluding carboxylic acids is 6. The fourth-order valence-electron chi connectivity index (χ4n) is 2.89. The molecule has 0 aromatic carbocycles. The first-order chi connectivity index (χ1) is 14.8. The van der Waals surface area contributed by atoms with Gasteiger partial charge in [0.15, 0.2) is 0 Å². The van der Waals surface area contributed by atoms with E-state index in [1.54, 1.807) is 12.2 Å². The zero-order valence-electron chi connectivity index (χ0n) is 17.4. The van der Waals surface area contributed by atoms with E-state index in [2.05, 4.69) is 0 Å². The third-order valence-electron chi connectivity index (χ3n) is 4.56. The number of allylic oxidation sites excluding steroid dienone is 1. The van der Waals surface area contributed by atoms with Crippen LogP contribution in [0.1, 0.15) is 71.1 Å². The predicted octanol–water partition coefficient (Wildman–Crippen LogP) is 2.10. The van der Waals surface area contributed by atoms with Crippen LogP contribution in [0.5, 0.6) is 0 Å². The van der Waals surface area contributed by atoms with Gasteiger partial charge in [-0.2, -0.15) is 0 Å². The van der Waals surface area contributed by atoms with Crippen molar-refractivity contribution in [3.8, 4) is 0 Å². The minimum absolute atomic E-state index is 0.00308. The van der Waals surface area contributed by atoms with Crippen LogP contribution in [0.4, 0.5) is 4.79 Å². The predicted molar refractivity (Wildman–Crippen MR) is 102 cm³/mol. The Morgan fingerprint density at radius 1 is 0.903 bits per heavy atom. The van der Waals surface area contributed by atoms with Crippen LogP contribution in [-0.2, 0) is 38.4 Å². The standard InChI is InChI=1S/C20H26N2O9/c1-2-3-7-14(29-20(28)31-22-17(25)12-13-18(22)26)8-5-4-6-9-19(27)30-21-15(23)10-11-16(21)24/h5,8,14H,2-4,6-7,9-13H2,1H3/b8-5+/t14-/m1/s1. The summed E-state index contributed by atoms with van der Waals surface area (Å²) in [6.45, 7) is 1.97. The highest BCUT2D eigenvalue weighted by molar-refractivity contribution is 6.02. The Bertz CT molecular complexity index is 730. The van der Waals surface area contributed by atoms with E-state index >= 15 is 0 Å². The number of hydroxylamine groups is 4. The average molecular weight is 438 g/mol. The summed E-state index contributed by atoms with van der Waals surface area (Å²) in [5.74, 6) is -2.92. The SMILES string of the molecule is CCCC[C@H](/C=C/CCCC(=O)ON1C(=O)CCC1=O)OC(=O)ON1C(=O)CCC1=O. The first-order valence-corrected chi connectivity index (χ1v) is 10.3. The number of rotatable bonds is 11. The zero-order chi connectivity index (χ0) is 22.8. The second-order valence-electron chi connectivity index (χ2n) is 7.09. The number of hydrogen-bond acceptors (Lipinski definition) is 9. The molecule has 2 fully saturated rings. The summed E-state index contributed by atoms with van der Waals surface area (Å²) in [6, 6.07) is 0. The first kappa shape index (κ1) is 24.0. The van der Waals surface area contributed by atoms with Crippen molar-refractivity contribution in [1.82, 2.24) is 10.1 Å². The van der Waals surface area contributed by atoms with Crippen molar-refractivity contribution in [3.05, 3.63) is 12.2 Å². The van der Waals surface area contributed by atoms with E-state index in [1.165, 1.54) is 0 Å². The summed E-state index contributed by atoms with van der Waals surface area (Å²) in [5.41, 5.74) is 0. The van der Waals surface area contributed by atoms with Crippen molar-refractivity contribution in [2.45, 2.75) is 77.2 Å². The van der Waals surface area contributed by atoms with E-state index in [9.17, 15) is 28.8 Å². The number of hydrogen-bond donors (Lipinski definition) is 0. The molecule has 2 aliphatic heterocycles. The zero-order valence-corrected chi connectivity index (χ0v) is 17.4. The van der Waals surface area contributed by atoms with E-state index < -0.39 is 41.9 Å². The van der Waals surface area contributed by atoms with Crippen molar-refractivity contribution in [2.24, 2.45) is 0 Å². The van der Waals surface area contributed by atoms with Crippen LogP contribution in [0.3, 0.4) is 0 Å². The highest BCUT2D eigenvalue weighted by Crippen LogP contribution is 2.16. The molecule has 0 spiro atoms. The molecule has 0 bridgehead atoms. The number of ether oxygens (including phenoxy) is 1. The van der Waals surface area contributed by atoms with Gasteiger partial charge in [-0.3, -0.25) is 24.0 Å². The Morgan fingerprint density at radius 2 is 1.45 bits per heavy atom. The fraction of sp³-hybridized carbons (Fsp3) is 0.600. The molecule has 1 atom stereocenters. The molecule has 170 valence electrons. The molecule has 2 rings (SSSR count). The van der Waals surface area contributed by atoms with Crippen LogP contribution in [0.2, 0.25) is 0 Å². The van der Waals surface area contributed by atoms with E-state index in [1.807, 2.05) is 6.92 Å². The Balaban J connectivity index is 1.74. The molecule has 0 unspecified atom stereocenters. The van der Waals surface area contributed by atoms with E-state index in [0.717, 1.165) is 12.8 Å². The molecule has 4 amide bonds. The number of amides is 4. The van der Waals surface area contributed by atoms with Crippen molar-refractivity contribution in [3.63, 3.8) is 0 Å². The lowest BCUT2D eigenvalue weighted by molar-refractivity contribution is -0.197. The van der Waals surface area contributed by atoms with Gasteiger partial charge in [-0.15, -0.1) is 5.06 Å². The third-order valence-corrected chi connectivity index (χ3v) is 4.56. The molecule has 2 saturated heterocycles. The summed E-state index contributed by atoms with van der Waals surface area (Å²) >= 11 is 0. The molecule has 0 aromatic heterocycles. The minimum Gasteiger partial charge on any atom is -0.425 e. The molecule has 2 aliphatic rings. The van der Waals surface area contributed by atoms with E-state index in [0.29, 0.717) is 29.4 Å². The van der Waals surface area contributed by atoms with Gasteiger partial charge in [-0.05, 0) is 31.8 Å². The van der Waals surface area contributed by atoms with Crippen LogP contribution in [-0.4, -0.2) is 52.0 Å². The van der Waals surface area contributed by atoms with Crippen molar-refractivity contribution < 1.29 is 43.2 Å². The van der Waals surface area contributed by atoms with Crippen LogP contribution in [0.25, 0.3) is 0 Å². The second-order valence-corrected chi connectivity index (χ2v) is 7.09. The lowest BCUT2D eigenvalue weighted by atomic mass is 10.1. The van der Waals surface area contributed by atoms with Gasteiger partial charge < -0.3 is 9.57 Å². The van der Waals surface area contributed by atoms with Crippen LogP contribution in [0.15, 0.2) is 12.2 Å². The van der Waals surface area contributed by atoms with Crippen molar-refractivity contribution >= 4 is 35.8 Å². The van der Waals surface area contributed by atoms with Gasteiger partial charge in [0, 0.05) is 32.1 Å². The first-order valence-electron chi connectivity index (χ1n) is 10.3. The Labute approximate surface area is 179 Å². The summed E-state index contributed by atoms with van der Waals surface area (Å²) in [6.07, 6.45) is 4.68. The monoisotopic (exact) mass is 438 g/mol. The maximum Gasteiger partial charge on any atom is 0.534 e. The van der Waals surface area contributed by atoms with Gasteiger partial charge in [0.2, 0.25) is 0 Å². The van der Waals surface area contributed by atoms with Gasteiger partial charge in [-0.25, -0.2) is 9.59 Å². The molecular formula is C20H26N2O9. The molecule has 31 heavy (non-hydrogen) atoms. The molecule has 0 N–H and O–H groups in total. The number of imide groups is 2. The Kier molecular flexibility index (Phi) is 9.16. The van der Waals surface area contributed by atoms with Gasteiger partial charge in [0.25, 0.3) is 23.6 Å². The molecule has 0 aliphatic carbocycles. The summed E-state index contributed by atoms with van der Waals surface area (Å²) in [5, 5.41) is 0.929. The molecule has 11 nitrogen and oxygen atoms in total. The minimum atomic E-state index is -1.14. The van der Waals surface area contributed by atoms with Crippen molar-refractivity contribution in [1.29, 1.82) is 0 Å². The molecule has 0 radical (unpaired) electrons. The van der Waals surface area contributed by atoms with Crippen LogP contribution < -0.4 is 0 Å². The number of unbranched alkanes of at least 4 members (excludes halogenated alkanes) is 2. The molecule has 0 aromatic rings. The summed E-state index contributed by atoms with van der Waals surface area (Å²) in [7, 11) is 0. The van der Waals surface area contributed by atoms with Crippen LogP contribution in [0, 0.1) is 0 Å². The lowest BCUT2D eigenvalue weighted by Gasteiger charge is -2.16. The smallest absolute Gasteiger partial charge is 0.425 e. The lowest BCUT2D eigenvalue weighted by Crippen LogP contribution is -2.33. The maximum atomic E-state index is 11.9. The van der Waals surface area contributed by atoms with Crippen LogP contribution >= 0.6 is 0 Å². The molecule has 11 heteroatoms. The van der Waals surface area contributed by atoms with Gasteiger partial charge >= 0.3 is 12.1 Å². The topological polar surface area (TPSA) is 137 Å². The van der Waals surface area contributed by atoms with Crippen molar-refractivity contribution in [2.75, 3.05) is 0 Å². The summed E-state index contributed by atoms with van der Waals surface area (Å²) in [4.78, 5) is 79.0. The third kappa shape index (κ3) is 7.50. The number of nitrogens with zero attached hydrogens (tertiary/aromatic N) is 2. The average Bonchev–Trinajstić information content (AvgIpc) is 3.21. The van der Waals surface area contributed by atoms with E-state index in [4.69, 9.17) is 14.4 Å². The molecule has 0 saturated carbocycles. The Morgan fingerprint density at radius 3 is 2.00 bits per heavy atom. The quantitative estimate of drug-likeness (QED) is 0.205. The van der Waals surface area contributed by atoms with Gasteiger partial charge in [0.05, 0.1) is 0 Å². The van der Waals surface area contributed by atoms with Gasteiger partial charge in [-0.1, -0.05) is 24.5 Å². The fourth-order valence-corrected chi connectivity index (χ4v) is 2.89. The largest absolute Gasteiger partial charge is 0.534 e. The summed E-state index contributed by atoms with van der Waals surface area (Å²) < 4.78 is 5.18. The van der Waals surface area contributed by atoms with E-state index in [-0.39, 0.29) is 32.1 Å².